The van der Waals surface area contributed by atoms with E-state index in [0.29, 0.717) is 61.1 Å². The lowest BCUT2D eigenvalue weighted by molar-refractivity contribution is -0.186. The number of hydrogen-bond acceptors (Lipinski definition) is 4. The molecule has 4 rings (SSSR count). The maximum Gasteiger partial charge on any atom is 0.302 e. The van der Waals surface area contributed by atoms with Gasteiger partial charge in [0, 0.05) is 31.1 Å². The molecule has 0 spiro atoms. The van der Waals surface area contributed by atoms with E-state index in [9.17, 15) is 14.7 Å². The molecular formula is C30H46O4. The molecule has 4 heteroatoms. The van der Waals surface area contributed by atoms with E-state index in [2.05, 4.69) is 59.8 Å². The minimum Gasteiger partial charge on any atom is -0.462 e. The van der Waals surface area contributed by atoms with Crippen LogP contribution in [0.5, 0.6) is 0 Å². The van der Waals surface area contributed by atoms with Gasteiger partial charge in [-0.15, -0.1) is 0 Å². The van der Waals surface area contributed by atoms with E-state index < -0.39 is 11.0 Å². The minimum atomic E-state index is -0.996. The van der Waals surface area contributed by atoms with Gasteiger partial charge in [0.1, 0.15) is 11.9 Å². The number of rotatable bonds is 5. The van der Waals surface area contributed by atoms with Crippen molar-refractivity contribution < 1.29 is 19.4 Å². The third kappa shape index (κ3) is 4.02. The summed E-state index contributed by atoms with van der Waals surface area (Å²) in [6.45, 7) is 15.1. The summed E-state index contributed by atoms with van der Waals surface area (Å²) < 4.78 is 5.48. The Morgan fingerprint density at radius 3 is 2.50 bits per heavy atom. The Balaban J connectivity index is 1.60. The first-order valence-corrected chi connectivity index (χ1v) is 13.6. The van der Waals surface area contributed by atoms with Gasteiger partial charge in [-0.05, 0) is 67.1 Å². The van der Waals surface area contributed by atoms with Gasteiger partial charge in [-0.3, -0.25) is 9.59 Å². The number of carbonyl (C=O) groups is 2. The molecule has 0 aromatic rings. The number of Topliss-reactive ketones (excluding diaryl/α,β-unsaturated/α-hetero) is 1. The average Bonchev–Trinajstić information content (AvgIpc) is 3.08. The predicted molar refractivity (Wildman–Crippen MR) is 135 cm³/mol. The second kappa shape index (κ2) is 8.91. The number of hydrogen-bond donors (Lipinski definition) is 1. The van der Waals surface area contributed by atoms with Crippen LogP contribution < -0.4 is 0 Å². The smallest absolute Gasteiger partial charge is 0.302 e. The van der Waals surface area contributed by atoms with E-state index in [-0.39, 0.29) is 23.4 Å². The Kier molecular flexibility index (Phi) is 6.72. The number of allylic oxidation sites excluding steroid dienone is 3. The molecular weight excluding hydrogens is 424 g/mol. The second-order valence-corrected chi connectivity index (χ2v) is 13.0. The zero-order valence-corrected chi connectivity index (χ0v) is 22.4. The first kappa shape index (κ1) is 25.7. The van der Waals surface area contributed by atoms with Crippen molar-refractivity contribution in [3.8, 4) is 0 Å². The monoisotopic (exact) mass is 470 g/mol. The topological polar surface area (TPSA) is 63.6 Å². The zero-order chi connectivity index (χ0) is 25.1. The van der Waals surface area contributed by atoms with Crippen LogP contribution in [-0.4, -0.2) is 28.6 Å². The van der Waals surface area contributed by atoms with Crippen molar-refractivity contribution in [1.82, 2.24) is 0 Å². The molecule has 3 fully saturated rings. The molecule has 0 aromatic heterocycles. The molecule has 6 unspecified atom stereocenters. The first-order valence-electron chi connectivity index (χ1n) is 13.6. The highest BCUT2D eigenvalue weighted by Gasteiger charge is 2.65. The van der Waals surface area contributed by atoms with Gasteiger partial charge in [0.15, 0.2) is 0 Å². The number of aliphatic hydroxyl groups is 1. The van der Waals surface area contributed by atoms with E-state index in [0.717, 1.165) is 19.3 Å². The standard InChI is InChI=1S/C30H46O4/c1-18(2)19(3)8-9-20(4)24-10-11-25-23-13-15-30(33)16-22(34-21(5)31)12-14-29(30,7)27(23)26(32)17-28(24,25)6/h8-9,13,18-20,22,24-25,27,33H,10-12,14-17H2,1-7H3/b9-8+/t19-,20+,22?,24?,25?,27?,28?,29?,30+/m0/s1. The highest BCUT2D eigenvalue weighted by molar-refractivity contribution is 5.87. The summed E-state index contributed by atoms with van der Waals surface area (Å²) >= 11 is 0. The SMILES string of the molecule is CC(=O)OC1CCC2(C)C3C(=O)CC4(C)C(CCC4[C@H](C)/C=C/[C@H](C)C(C)C)C3=CC[C@@]2(O)C1. The van der Waals surface area contributed by atoms with Gasteiger partial charge in [0.2, 0.25) is 0 Å². The molecule has 0 heterocycles. The lowest BCUT2D eigenvalue weighted by Gasteiger charge is -2.60. The van der Waals surface area contributed by atoms with Crippen molar-refractivity contribution in [3.05, 3.63) is 23.8 Å². The summed E-state index contributed by atoms with van der Waals surface area (Å²) in [6.07, 6.45) is 12.1. The fourth-order valence-corrected chi connectivity index (χ4v) is 8.24. The highest BCUT2D eigenvalue weighted by Crippen LogP contribution is 2.66. The molecule has 0 aliphatic heterocycles. The summed E-state index contributed by atoms with van der Waals surface area (Å²) in [5.74, 6) is 2.40. The summed E-state index contributed by atoms with van der Waals surface area (Å²) in [4.78, 5) is 25.4. The fourth-order valence-electron chi connectivity index (χ4n) is 8.24. The van der Waals surface area contributed by atoms with E-state index in [4.69, 9.17) is 4.74 Å². The van der Waals surface area contributed by atoms with Gasteiger partial charge < -0.3 is 9.84 Å². The molecule has 4 aliphatic rings. The number of carbonyl (C=O) groups excluding carboxylic acids is 2. The molecule has 4 aliphatic carbocycles. The molecule has 3 saturated carbocycles. The molecule has 0 radical (unpaired) electrons. The van der Waals surface area contributed by atoms with Crippen molar-refractivity contribution in [1.29, 1.82) is 0 Å². The Bertz CT molecular complexity index is 886. The number of ether oxygens (including phenoxy) is 1. The number of ketones is 1. The van der Waals surface area contributed by atoms with Crippen LogP contribution in [0.25, 0.3) is 0 Å². The van der Waals surface area contributed by atoms with Crippen molar-refractivity contribution in [2.45, 2.75) is 105 Å². The Morgan fingerprint density at radius 2 is 1.85 bits per heavy atom. The van der Waals surface area contributed by atoms with Crippen LogP contribution in [0.4, 0.5) is 0 Å². The molecule has 0 amide bonds. The summed E-state index contributed by atoms with van der Waals surface area (Å²) in [6, 6.07) is 0. The van der Waals surface area contributed by atoms with Crippen LogP contribution in [0.15, 0.2) is 23.8 Å². The minimum absolute atomic E-state index is 0.00893. The third-order valence-corrected chi connectivity index (χ3v) is 10.7. The van der Waals surface area contributed by atoms with E-state index in [1.54, 1.807) is 0 Å². The van der Waals surface area contributed by atoms with Crippen molar-refractivity contribution in [2.75, 3.05) is 0 Å². The molecule has 4 nitrogen and oxygen atoms in total. The van der Waals surface area contributed by atoms with Crippen LogP contribution in [0, 0.1) is 46.3 Å². The largest absolute Gasteiger partial charge is 0.462 e. The van der Waals surface area contributed by atoms with Crippen molar-refractivity contribution >= 4 is 11.8 Å². The first-order chi connectivity index (χ1) is 15.8. The van der Waals surface area contributed by atoms with Gasteiger partial charge in [-0.2, -0.15) is 0 Å². The fraction of sp³-hybridized carbons (Fsp3) is 0.800. The van der Waals surface area contributed by atoms with Crippen LogP contribution in [0.1, 0.15) is 93.4 Å². The van der Waals surface area contributed by atoms with Crippen LogP contribution in [0.3, 0.4) is 0 Å². The lowest BCUT2D eigenvalue weighted by atomic mass is 9.46. The van der Waals surface area contributed by atoms with E-state index in [1.165, 1.54) is 12.5 Å². The van der Waals surface area contributed by atoms with Gasteiger partial charge in [0.25, 0.3) is 0 Å². The number of esters is 1. The Hall–Kier alpha value is -1.42. The molecule has 34 heavy (non-hydrogen) atoms. The van der Waals surface area contributed by atoms with Gasteiger partial charge in [-0.1, -0.05) is 65.3 Å². The van der Waals surface area contributed by atoms with E-state index >= 15 is 0 Å². The average molecular weight is 471 g/mol. The lowest BCUT2D eigenvalue weighted by Crippen LogP contribution is -2.62. The van der Waals surface area contributed by atoms with Crippen molar-refractivity contribution in [3.63, 3.8) is 0 Å². The quantitative estimate of drug-likeness (QED) is 0.380. The maximum absolute atomic E-state index is 13.9. The van der Waals surface area contributed by atoms with Crippen molar-refractivity contribution in [2.24, 2.45) is 46.3 Å². The molecule has 190 valence electrons. The second-order valence-electron chi connectivity index (χ2n) is 13.0. The van der Waals surface area contributed by atoms with Crippen LogP contribution in [-0.2, 0) is 14.3 Å². The Morgan fingerprint density at radius 1 is 1.15 bits per heavy atom. The summed E-state index contributed by atoms with van der Waals surface area (Å²) in [5, 5.41) is 11.8. The highest BCUT2D eigenvalue weighted by atomic mass is 16.5. The Labute approximate surface area is 206 Å². The molecule has 0 aromatic carbocycles. The zero-order valence-electron chi connectivity index (χ0n) is 22.4. The van der Waals surface area contributed by atoms with Gasteiger partial charge in [0.05, 0.1) is 5.60 Å². The molecule has 1 N–H and O–H groups in total. The molecule has 0 bridgehead atoms. The summed E-state index contributed by atoms with van der Waals surface area (Å²) in [7, 11) is 0. The molecule has 9 atom stereocenters. The summed E-state index contributed by atoms with van der Waals surface area (Å²) in [5.41, 5.74) is -0.177. The molecule has 0 saturated heterocycles. The third-order valence-electron chi connectivity index (χ3n) is 10.7. The van der Waals surface area contributed by atoms with Gasteiger partial charge >= 0.3 is 5.97 Å². The predicted octanol–water partition coefficient (Wildman–Crippen LogP) is 6.28. The maximum atomic E-state index is 13.9. The normalized spacial score (nSPS) is 43.7. The van der Waals surface area contributed by atoms with Gasteiger partial charge in [-0.25, -0.2) is 0 Å². The van der Waals surface area contributed by atoms with Crippen LogP contribution in [0.2, 0.25) is 0 Å². The van der Waals surface area contributed by atoms with Crippen LogP contribution >= 0.6 is 0 Å². The van der Waals surface area contributed by atoms with E-state index in [1.807, 2.05) is 0 Å². The number of fused-ring (bicyclic) bond motifs is 5.